The maximum Gasteiger partial charge on any atom is 0.140 e. The summed E-state index contributed by atoms with van der Waals surface area (Å²) < 4.78 is 1.67. The number of rotatable bonds is 2. The van der Waals surface area contributed by atoms with Gasteiger partial charge in [0.15, 0.2) is 0 Å². The van der Waals surface area contributed by atoms with Crippen LogP contribution in [0.3, 0.4) is 0 Å². The van der Waals surface area contributed by atoms with E-state index in [0.29, 0.717) is 17.1 Å². The van der Waals surface area contributed by atoms with Crippen LogP contribution in [0.2, 0.25) is 0 Å². The van der Waals surface area contributed by atoms with Crippen molar-refractivity contribution >= 4 is 5.82 Å². The monoisotopic (exact) mass is 164 g/mol. The summed E-state index contributed by atoms with van der Waals surface area (Å²) in [4.78, 5) is 0. The molecule has 2 N–H and O–H groups in total. The summed E-state index contributed by atoms with van der Waals surface area (Å²) in [6.07, 6.45) is 0.968. The van der Waals surface area contributed by atoms with Crippen molar-refractivity contribution in [3.05, 3.63) is 11.3 Å². The average Bonchev–Trinajstić information content (AvgIpc) is 2.29. The molecule has 0 spiro atoms. The first-order valence-corrected chi connectivity index (χ1v) is 3.93. The number of hydrogen-bond donors (Lipinski definition) is 1. The summed E-state index contributed by atoms with van der Waals surface area (Å²) in [6, 6.07) is 2.03. The van der Waals surface area contributed by atoms with E-state index >= 15 is 0 Å². The van der Waals surface area contributed by atoms with Gasteiger partial charge in [-0.1, -0.05) is 6.92 Å². The Bertz CT molecular complexity index is 319. The van der Waals surface area contributed by atoms with Crippen molar-refractivity contribution in [1.82, 2.24) is 9.78 Å². The number of nitriles is 1. The van der Waals surface area contributed by atoms with Crippen molar-refractivity contribution in [2.24, 2.45) is 0 Å². The largest absolute Gasteiger partial charge is 0.383 e. The van der Waals surface area contributed by atoms with Gasteiger partial charge in [0.05, 0.1) is 5.69 Å². The van der Waals surface area contributed by atoms with Gasteiger partial charge in [-0.2, -0.15) is 10.4 Å². The van der Waals surface area contributed by atoms with Crippen molar-refractivity contribution in [2.75, 3.05) is 5.73 Å². The minimum absolute atomic E-state index is 0.483. The molecule has 0 bridgehead atoms. The first-order chi connectivity index (χ1) is 5.70. The van der Waals surface area contributed by atoms with E-state index in [9.17, 15) is 0 Å². The predicted octanol–water partition coefficient (Wildman–Crippen LogP) is 1.06. The highest BCUT2D eigenvalue weighted by atomic mass is 15.3. The van der Waals surface area contributed by atoms with Gasteiger partial charge in [0.25, 0.3) is 0 Å². The van der Waals surface area contributed by atoms with Gasteiger partial charge in [0, 0.05) is 6.54 Å². The van der Waals surface area contributed by atoms with Crippen LogP contribution in [0.4, 0.5) is 5.82 Å². The second-order valence-electron chi connectivity index (χ2n) is 2.68. The molecule has 64 valence electrons. The highest BCUT2D eigenvalue weighted by Crippen LogP contribution is 2.14. The minimum Gasteiger partial charge on any atom is -0.383 e. The van der Waals surface area contributed by atoms with E-state index in [0.717, 1.165) is 13.0 Å². The molecular weight excluding hydrogens is 152 g/mol. The molecule has 0 radical (unpaired) electrons. The van der Waals surface area contributed by atoms with Crippen molar-refractivity contribution in [3.63, 3.8) is 0 Å². The fourth-order valence-corrected chi connectivity index (χ4v) is 1.12. The molecule has 1 heterocycles. The van der Waals surface area contributed by atoms with Gasteiger partial charge in [-0.05, 0) is 13.3 Å². The van der Waals surface area contributed by atoms with E-state index in [1.807, 2.05) is 13.0 Å². The third kappa shape index (κ3) is 1.26. The van der Waals surface area contributed by atoms with Gasteiger partial charge >= 0.3 is 0 Å². The highest BCUT2D eigenvalue weighted by molar-refractivity contribution is 5.51. The van der Waals surface area contributed by atoms with E-state index in [1.165, 1.54) is 0 Å². The number of nitrogens with two attached hydrogens (primary N) is 1. The Morgan fingerprint density at radius 3 is 2.75 bits per heavy atom. The number of anilines is 1. The molecule has 0 aliphatic heterocycles. The SMILES string of the molecule is CCCn1nc(C)c(C#N)c1N. The highest BCUT2D eigenvalue weighted by Gasteiger charge is 2.10. The number of nitrogen functional groups attached to an aromatic ring is 1. The first-order valence-electron chi connectivity index (χ1n) is 3.93. The molecule has 0 saturated carbocycles. The number of aryl methyl sites for hydroxylation is 2. The Kier molecular flexibility index (Phi) is 2.34. The molecule has 0 fully saturated rings. The zero-order valence-corrected chi connectivity index (χ0v) is 7.33. The van der Waals surface area contributed by atoms with Crippen LogP contribution in [-0.4, -0.2) is 9.78 Å². The second kappa shape index (κ2) is 3.26. The van der Waals surface area contributed by atoms with Gasteiger partial charge in [-0.3, -0.25) is 0 Å². The van der Waals surface area contributed by atoms with Crippen LogP contribution in [0.25, 0.3) is 0 Å². The van der Waals surface area contributed by atoms with E-state index in [1.54, 1.807) is 11.6 Å². The van der Waals surface area contributed by atoms with Gasteiger partial charge in [0.1, 0.15) is 17.5 Å². The Morgan fingerprint density at radius 2 is 2.33 bits per heavy atom. The van der Waals surface area contributed by atoms with E-state index in [2.05, 4.69) is 5.10 Å². The lowest BCUT2D eigenvalue weighted by atomic mass is 10.3. The van der Waals surface area contributed by atoms with Crippen LogP contribution in [0, 0.1) is 18.3 Å². The summed E-state index contributed by atoms with van der Waals surface area (Å²) in [5, 5.41) is 12.8. The lowest BCUT2D eigenvalue weighted by molar-refractivity contribution is 0.606. The molecule has 0 atom stereocenters. The van der Waals surface area contributed by atoms with Crippen molar-refractivity contribution < 1.29 is 0 Å². The summed E-state index contributed by atoms with van der Waals surface area (Å²) in [5.41, 5.74) is 6.89. The van der Waals surface area contributed by atoms with Crippen molar-refractivity contribution in [2.45, 2.75) is 26.8 Å². The van der Waals surface area contributed by atoms with Gasteiger partial charge < -0.3 is 5.73 Å². The summed E-state index contributed by atoms with van der Waals surface area (Å²) in [6.45, 7) is 4.61. The zero-order valence-electron chi connectivity index (χ0n) is 7.33. The van der Waals surface area contributed by atoms with Gasteiger partial charge in [0.2, 0.25) is 0 Å². The van der Waals surface area contributed by atoms with Crippen LogP contribution in [0.1, 0.15) is 24.6 Å². The topological polar surface area (TPSA) is 67.6 Å². The molecular formula is C8H12N4. The molecule has 1 aromatic heterocycles. The number of aromatic nitrogens is 2. The average molecular weight is 164 g/mol. The zero-order chi connectivity index (χ0) is 9.14. The van der Waals surface area contributed by atoms with Gasteiger partial charge in [-0.25, -0.2) is 4.68 Å². The van der Waals surface area contributed by atoms with Crippen LogP contribution < -0.4 is 5.73 Å². The summed E-state index contributed by atoms with van der Waals surface area (Å²) in [5.74, 6) is 0.483. The van der Waals surface area contributed by atoms with Crippen molar-refractivity contribution in [3.8, 4) is 6.07 Å². The standard InChI is InChI=1S/C8H12N4/c1-3-4-12-8(10)7(5-9)6(2)11-12/h3-4,10H2,1-2H3. The molecule has 4 nitrogen and oxygen atoms in total. The quantitative estimate of drug-likeness (QED) is 0.710. The van der Waals surface area contributed by atoms with Crippen LogP contribution in [0.5, 0.6) is 0 Å². The third-order valence-corrected chi connectivity index (χ3v) is 1.71. The molecule has 4 heteroatoms. The maximum atomic E-state index is 8.70. The minimum atomic E-state index is 0.483. The number of hydrogen-bond acceptors (Lipinski definition) is 3. The Hall–Kier alpha value is -1.50. The Morgan fingerprint density at radius 1 is 1.67 bits per heavy atom. The fraction of sp³-hybridized carbons (Fsp3) is 0.500. The smallest absolute Gasteiger partial charge is 0.140 e. The molecule has 1 rings (SSSR count). The van der Waals surface area contributed by atoms with E-state index in [-0.39, 0.29) is 0 Å². The molecule has 12 heavy (non-hydrogen) atoms. The Labute approximate surface area is 71.6 Å². The second-order valence-corrected chi connectivity index (χ2v) is 2.68. The predicted molar refractivity (Wildman–Crippen MR) is 46.4 cm³/mol. The van der Waals surface area contributed by atoms with Crippen LogP contribution in [0.15, 0.2) is 0 Å². The van der Waals surface area contributed by atoms with E-state index in [4.69, 9.17) is 11.0 Å². The first kappa shape index (κ1) is 8.60. The lowest BCUT2D eigenvalue weighted by Gasteiger charge is -1.99. The van der Waals surface area contributed by atoms with Crippen LogP contribution in [-0.2, 0) is 6.54 Å². The normalized spacial score (nSPS) is 9.75. The lowest BCUT2D eigenvalue weighted by Crippen LogP contribution is -2.04. The summed E-state index contributed by atoms with van der Waals surface area (Å²) in [7, 11) is 0. The van der Waals surface area contributed by atoms with Crippen molar-refractivity contribution in [1.29, 1.82) is 5.26 Å². The molecule has 1 aromatic rings. The summed E-state index contributed by atoms with van der Waals surface area (Å²) >= 11 is 0. The number of nitrogens with zero attached hydrogens (tertiary/aromatic N) is 3. The van der Waals surface area contributed by atoms with E-state index < -0.39 is 0 Å². The fourth-order valence-electron chi connectivity index (χ4n) is 1.12. The molecule has 0 amide bonds. The van der Waals surface area contributed by atoms with Gasteiger partial charge in [-0.15, -0.1) is 0 Å². The van der Waals surface area contributed by atoms with Crippen LogP contribution >= 0.6 is 0 Å². The molecule has 0 aliphatic carbocycles. The third-order valence-electron chi connectivity index (χ3n) is 1.71. The molecule has 0 aromatic carbocycles. The molecule has 0 saturated heterocycles. The molecule has 0 aliphatic rings. The molecule has 0 unspecified atom stereocenters. The Balaban J connectivity index is 3.10. The maximum absolute atomic E-state index is 8.70.